The molecule has 17 heavy (non-hydrogen) atoms. The molecular formula is C11H10Br2N4. The van der Waals surface area contributed by atoms with E-state index >= 15 is 0 Å². The Morgan fingerprint density at radius 1 is 1.24 bits per heavy atom. The largest absolute Gasteiger partial charge is 0.368 e. The molecule has 0 saturated heterocycles. The van der Waals surface area contributed by atoms with E-state index in [1.807, 2.05) is 25.1 Å². The predicted octanol–water partition coefficient (Wildman–Crippen LogP) is 3.64. The number of nitrogens with one attached hydrogen (secondary N) is 1. The van der Waals surface area contributed by atoms with Crippen molar-refractivity contribution in [3.05, 3.63) is 38.9 Å². The van der Waals surface area contributed by atoms with Gasteiger partial charge in [0.25, 0.3) is 0 Å². The maximum Gasteiger partial charge on any atom is 0.222 e. The minimum Gasteiger partial charge on any atom is -0.368 e. The fraction of sp³-hybridized carbons (Fsp3) is 0.0909. The Hall–Kier alpha value is -1.14. The summed E-state index contributed by atoms with van der Waals surface area (Å²) in [4.78, 5) is 8.01. The molecule has 0 amide bonds. The van der Waals surface area contributed by atoms with E-state index in [0.717, 1.165) is 20.2 Å². The number of rotatable bonds is 2. The standard InChI is InChI=1S/C11H10Br2N4/c1-6-2-7(12)4-8(3-6)16-10-9(13)5-15-11(14)17-10/h2-5H,1H3,(H3,14,15,16,17). The Morgan fingerprint density at radius 2 is 2.00 bits per heavy atom. The molecule has 1 heterocycles. The third kappa shape index (κ3) is 3.17. The molecule has 1 aromatic carbocycles. The summed E-state index contributed by atoms with van der Waals surface area (Å²) in [5.41, 5.74) is 7.64. The third-order valence-electron chi connectivity index (χ3n) is 2.07. The quantitative estimate of drug-likeness (QED) is 0.861. The van der Waals surface area contributed by atoms with Gasteiger partial charge in [0.05, 0.1) is 4.47 Å². The van der Waals surface area contributed by atoms with Gasteiger partial charge in [-0.3, -0.25) is 0 Å². The van der Waals surface area contributed by atoms with Crippen molar-refractivity contribution in [2.24, 2.45) is 0 Å². The van der Waals surface area contributed by atoms with Gasteiger partial charge >= 0.3 is 0 Å². The smallest absolute Gasteiger partial charge is 0.222 e. The molecule has 1 aromatic heterocycles. The van der Waals surface area contributed by atoms with Gasteiger partial charge in [0.1, 0.15) is 5.82 Å². The molecule has 0 saturated carbocycles. The van der Waals surface area contributed by atoms with Crippen molar-refractivity contribution in [1.29, 1.82) is 0 Å². The molecule has 0 spiro atoms. The van der Waals surface area contributed by atoms with E-state index in [9.17, 15) is 0 Å². The molecular weight excluding hydrogens is 348 g/mol. The first kappa shape index (κ1) is 12.3. The number of aromatic nitrogens is 2. The van der Waals surface area contributed by atoms with Crippen LogP contribution < -0.4 is 11.1 Å². The molecule has 0 unspecified atom stereocenters. The van der Waals surface area contributed by atoms with Gasteiger partial charge in [-0.2, -0.15) is 4.98 Å². The number of hydrogen-bond acceptors (Lipinski definition) is 4. The molecule has 4 nitrogen and oxygen atoms in total. The molecule has 6 heteroatoms. The molecule has 0 aliphatic rings. The highest BCUT2D eigenvalue weighted by Crippen LogP contribution is 2.26. The maximum absolute atomic E-state index is 5.55. The van der Waals surface area contributed by atoms with Gasteiger partial charge in [0, 0.05) is 16.4 Å². The third-order valence-corrected chi connectivity index (χ3v) is 3.11. The van der Waals surface area contributed by atoms with Gasteiger partial charge in [-0.25, -0.2) is 4.98 Å². The summed E-state index contributed by atoms with van der Waals surface area (Å²) >= 11 is 6.82. The first-order valence-corrected chi connectivity index (χ1v) is 6.45. The predicted molar refractivity (Wildman–Crippen MR) is 76.3 cm³/mol. The topological polar surface area (TPSA) is 63.8 Å². The highest BCUT2D eigenvalue weighted by atomic mass is 79.9. The fourth-order valence-electron chi connectivity index (χ4n) is 1.41. The van der Waals surface area contributed by atoms with Crippen molar-refractivity contribution in [2.45, 2.75) is 6.92 Å². The molecule has 88 valence electrons. The zero-order valence-corrected chi connectivity index (χ0v) is 12.2. The summed E-state index contributed by atoms with van der Waals surface area (Å²) in [5.74, 6) is 0.886. The average molecular weight is 358 g/mol. The van der Waals surface area contributed by atoms with Crippen LogP contribution in [0.2, 0.25) is 0 Å². The molecule has 2 rings (SSSR count). The Kier molecular flexibility index (Phi) is 3.63. The summed E-state index contributed by atoms with van der Waals surface area (Å²) in [6.07, 6.45) is 1.62. The summed E-state index contributed by atoms with van der Waals surface area (Å²) in [6, 6.07) is 6.03. The van der Waals surface area contributed by atoms with Crippen LogP contribution in [0.25, 0.3) is 0 Å². The van der Waals surface area contributed by atoms with Crippen LogP contribution in [0.1, 0.15) is 5.56 Å². The molecule has 0 atom stereocenters. The lowest BCUT2D eigenvalue weighted by molar-refractivity contribution is 1.17. The van der Waals surface area contributed by atoms with Crippen molar-refractivity contribution < 1.29 is 0 Å². The molecule has 3 N–H and O–H groups in total. The molecule has 0 bridgehead atoms. The Bertz CT molecular complexity index is 537. The molecule has 0 aliphatic carbocycles. The Labute approximate surface area is 116 Å². The second-order valence-electron chi connectivity index (χ2n) is 3.57. The minimum atomic E-state index is 0.238. The number of nitrogens with two attached hydrogens (primary N) is 1. The number of nitrogens with zero attached hydrogens (tertiary/aromatic N) is 2. The first-order chi connectivity index (χ1) is 8.04. The Balaban J connectivity index is 2.34. The van der Waals surface area contributed by atoms with Crippen LogP contribution >= 0.6 is 31.9 Å². The van der Waals surface area contributed by atoms with Gasteiger partial charge < -0.3 is 11.1 Å². The van der Waals surface area contributed by atoms with E-state index in [-0.39, 0.29) is 5.95 Å². The average Bonchev–Trinajstić information content (AvgIpc) is 2.22. The fourth-order valence-corrected chi connectivity index (χ4v) is 2.31. The van der Waals surface area contributed by atoms with Gasteiger partial charge in [-0.15, -0.1) is 0 Å². The van der Waals surface area contributed by atoms with Crippen molar-refractivity contribution in [3.8, 4) is 0 Å². The number of aryl methyl sites for hydroxylation is 1. The SMILES string of the molecule is Cc1cc(Br)cc(Nc2nc(N)ncc2Br)c1. The van der Waals surface area contributed by atoms with Crippen LogP contribution in [0.4, 0.5) is 17.5 Å². The second kappa shape index (κ2) is 5.01. The van der Waals surface area contributed by atoms with E-state index in [0.29, 0.717) is 5.82 Å². The van der Waals surface area contributed by atoms with Crippen molar-refractivity contribution >= 4 is 49.3 Å². The van der Waals surface area contributed by atoms with Crippen LogP contribution in [0.15, 0.2) is 33.3 Å². The first-order valence-electron chi connectivity index (χ1n) is 4.87. The van der Waals surface area contributed by atoms with Gasteiger partial charge in [-0.05, 0) is 46.6 Å². The van der Waals surface area contributed by atoms with Gasteiger partial charge in [0.15, 0.2) is 0 Å². The molecule has 0 radical (unpaired) electrons. The van der Waals surface area contributed by atoms with E-state index in [1.54, 1.807) is 6.20 Å². The maximum atomic E-state index is 5.55. The summed E-state index contributed by atoms with van der Waals surface area (Å²) < 4.78 is 1.78. The summed E-state index contributed by atoms with van der Waals surface area (Å²) in [5, 5.41) is 3.19. The zero-order chi connectivity index (χ0) is 12.4. The monoisotopic (exact) mass is 356 g/mol. The molecule has 0 aliphatic heterocycles. The number of halogens is 2. The number of hydrogen-bond donors (Lipinski definition) is 2. The molecule has 2 aromatic rings. The van der Waals surface area contributed by atoms with Crippen LogP contribution in [0.5, 0.6) is 0 Å². The van der Waals surface area contributed by atoms with Crippen LogP contribution in [-0.4, -0.2) is 9.97 Å². The number of anilines is 3. The lowest BCUT2D eigenvalue weighted by Crippen LogP contribution is -2.00. The van der Waals surface area contributed by atoms with Crippen LogP contribution in [-0.2, 0) is 0 Å². The van der Waals surface area contributed by atoms with Crippen molar-refractivity contribution in [3.63, 3.8) is 0 Å². The summed E-state index contributed by atoms with van der Waals surface area (Å²) in [6.45, 7) is 2.03. The summed E-state index contributed by atoms with van der Waals surface area (Å²) in [7, 11) is 0. The minimum absolute atomic E-state index is 0.238. The van der Waals surface area contributed by atoms with E-state index in [4.69, 9.17) is 5.73 Å². The highest BCUT2D eigenvalue weighted by molar-refractivity contribution is 9.10. The molecule has 0 fully saturated rings. The van der Waals surface area contributed by atoms with Gasteiger partial charge in [0.2, 0.25) is 5.95 Å². The number of nitrogen functional groups attached to an aromatic ring is 1. The van der Waals surface area contributed by atoms with Crippen molar-refractivity contribution in [1.82, 2.24) is 9.97 Å². The normalized spacial score (nSPS) is 10.3. The van der Waals surface area contributed by atoms with Crippen LogP contribution in [0, 0.1) is 6.92 Å². The van der Waals surface area contributed by atoms with E-state index < -0.39 is 0 Å². The van der Waals surface area contributed by atoms with E-state index in [1.165, 1.54) is 0 Å². The number of benzene rings is 1. The lowest BCUT2D eigenvalue weighted by atomic mass is 10.2. The second-order valence-corrected chi connectivity index (χ2v) is 5.34. The van der Waals surface area contributed by atoms with Crippen molar-refractivity contribution in [2.75, 3.05) is 11.1 Å². The van der Waals surface area contributed by atoms with Gasteiger partial charge in [-0.1, -0.05) is 15.9 Å². The zero-order valence-electron chi connectivity index (χ0n) is 9.04. The van der Waals surface area contributed by atoms with E-state index in [2.05, 4.69) is 47.1 Å². The van der Waals surface area contributed by atoms with Crippen LogP contribution in [0.3, 0.4) is 0 Å². The highest BCUT2D eigenvalue weighted by Gasteiger charge is 2.04. The Morgan fingerprint density at radius 3 is 2.71 bits per heavy atom. The lowest BCUT2D eigenvalue weighted by Gasteiger charge is -2.09.